The number of amides is 1. The maximum Gasteiger partial charge on any atom is 0.323 e. The van der Waals surface area contributed by atoms with Crippen LogP contribution in [-0.2, 0) is 11.2 Å². The van der Waals surface area contributed by atoms with Crippen molar-refractivity contribution in [3.05, 3.63) is 29.3 Å². The molecule has 0 saturated carbocycles. The molecule has 7 heteroatoms. The van der Waals surface area contributed by atoms with Crippen molar-refractivity contribution in [1.29, 1.82) is 0 Å². The fourth-order valence-corrected chi connectivity index (χ4v) is 2.22. The van der Waals surface area contributed by atoms with E-state index in [0.29, 0.717) is 11.3 Å². The highest BCUT2D eigenvalue weighted by molar-refractivity contribution is 9.09. The van der Waals surface area contributed by atoms with Gasteiger partial charge in [-0.1, -0.05) is 28.1 Å². The Hall–Kier alpha value is -1.11. The summed E-state index contributed by atoms with van der Waals surface area (Å²) in [5, 5.41) is 2.54. The van der Waals surface area contributed by atoms with Crippen LogP contribution < -0.4 is 5.32 Å². The highest BCUT2D eigenvalue weighted by Gasteiger charge is 2.48. The number of rotatable bonds is 3. The van der Waals surface area contributed by atoms with Crippen molar-refractivity contribution in [2.75, 3.05) is 5.32 Å². The highest BCUT2D eigenvalue weighted by Crippen LogP contribution is 2.43. The highest BCUT2D eigenvalue weighted by atomic mass is 79.9. The summed E-state index contributed by atoms with van der Waals surface area (Å²) in [6.07, 6.45) is -3.68. The molecule has 1 aromatic rings. The standard InChI is InChI=1S/C11H8BrF4NO/c12-9(11(15,16)10(13)14)5-1-2-7-6(3-5)4-8(18)17-7/h1-3,9-10H,4H2,(H,17,18). The molecular formula is C11H8BrF4NO. The quantitative estimate of drug-likeness (QED) is 0.668. The maximum atomic E-state index is 13.2. The zero-order valence-electron chi connectivity index (χ0n) is 8.89. The van der Waals surface area contributed by atoms with Gasteiger partial charge >= 0.3 is 12.3 Å². The van der Waals surface area contributed by atoms with Gasteiger partial charge in [0.05, 0.1) is 6.42 Å². The monoisotopic (exact) mass is 325 g/mol. The molecule has 2 rings (SSSR count). The molecule has 0 radical (unpaired) electrons. The van der Waals surface area contributed by atoms with Gasteiger partial charge in [-0.15, -0.1) is 0 Å². The first-order chi connectivity index (χ1) is 8.32. The van der Waals surface area contributed by atoms with Gasteiger partial charge < -0.3 is 5.32 Å². The second-order valence-corrected chi connectivity index (χ2v) is 4.89. The Labute approximate surface area is 108 Å². The lowest BCUT2D eigenvalue weighted by atomic mass is 10.0. The molecule has 0 spiro atoms. The molecule has 1 heterocycles. The summed E-state index contributed by atoms with van der Waals surface area (Å²) in [5.41, 5.74) is 1.09. The van der Waals surface area contributed by atoms with E-state index in [1.807, 2.05) is 0 Å². The van der Waals surface area contributed by atoms with Gasteiger partial charge in [-0.05, 0) is 17.2 Å². The lowest BCUT2D eigenvalue weighted by molar-refractivity contribution is -0.127. The summed E-state index contributed by atoms with van der Waals surface area (Å²) < 4.78 is 50.8. The van der Waals surface area contributed by atoms with E-state index in [-0.39, 0.29) is 17.9 Å². The largest absolute Gasteiger partial charge is 0.326 e. The fraction of sp³-hybridized carbons (Fsp3) is 0.364. The number of fused-ring (bicyclic) bond motifs is 1. The van der Waals surface area contributed by atoms with E-state index < -0.39 is 17.2 Å². The molecule has 0 aromatic heterocycles. The lowest BCUT2D eigenvalue weighted by Gasteiger charge is -2.22. The molecule has 1 unspecified atom stereocenters. The molecule has 0 bridgehead atoms. The number of hydrogen-bond acceptors (Lipinski definition) is 1. The number of halogens is 5. The third-order valence-electron chi connectivity index (χ3n) is 2.68. The first-order valence-electron chi connectivity index (χ1n) is 5.05. The van der Waals surface area contributed by atoms with Crippen molar-refractivity contribution in [2.45, 2.75) is 23.6 Å². The third kappa shape index (κ3) is 2.23. The summed E-state index contributed by atoms with van der Waals surface area (Å²) in [5.74, 6) is -4.40. The average Bonchev–Trinajstić information content (AvgIpc) is 2.66. The van der Waals surface area contributed by atoms with E-state index in [0.717, 1.165) is 0 Å². The van der Waals surface area contributed by atoms with Crippen molar-refractivity contribution < 1.29 is 22.4 Å². The number of carbonyl (C=O) groups excluding carboxylic acids is 1. The van der Waals surface area contributed by atoms with E-state index in [1.165, 1.54) is 18.2 Å². The molecule has 1 atom stereocenters. The van der Waals surface area contributed by atoms with Crippen LogP contribution >= 0.6 is 15.9 Å². The van der Waals surface area contributed by atoms with Crippen molar-refractivity contribution in [3.8, 4) is 0 Å². The second kappa shape index (κ2) is 4.53. The van der Waals surface area contributed by atoms with Crippen LogP contribution in [-0.4, -0.2) is 18.3 Å². The molecule has 0 saturated heterocycles. The van der Waals surface area contributed by atoms with Crippen LogP contribution in [0.25, 0.3) is 0 Å². The van der Waals surface area contributed by atoms with Crippen LogP contribution in [0, 0.1) is 0 Å². The van der Waals surface area contributed by atoms with E-state index in [9.17, 15) is 22.4 Å². The van der Waals surface area contributed by atoms with Gasteiger partial charge in [-0.3, -0.25) is 4.79 Å². The molecule has 1 aromatic carbocycles. The van der Waals surface area contributed by atoms with E-state index in [2.05, 4.69) is 21.2 Å². The summed E-state index contributed by atoms with van der Waals surface area (Å²) in [6, 6.07) is 4.06. The number of benzene rings is 1. The molecule has 0 fully saturated rings. The molecule has 0 aliphatic carbocycles. The molecule has 1 amide bonds. The molecule has 1 aliphatic rings. The molecule has 1 aliphatic heterocycles. The minimum atomic E-state index is -4.16. The smallest absolute Gasteiger partial charge is 0.323 e. The van der Waals surface area contributed by atoms with Crippen LogP contribution in [0.4, 0.5) is 23.2 Å². The Morgan fingerprint density at radius 3 is 2.61 bits per heavy atom. The minimum Gasteiger partial charge on any atom is -0.326 e. The average molecular weight is 326 g/mol. The number of hydrogen-bond donors (Lipinski definition) is 1. The van der Waals surface area contributed by atoms with Crippen molar-refractivity contribution in [1.82, 2.24) is 0 Å². The van der Waals surface area contributed by atoms with E-state index >= 15 is 0 Å². The van der Waals surface area contributed by atoms with E-state index in [4.69, 9.17) is 0 Å². The van der Waals surface area contributed by atoms with Crippen LogP contribution in [0.3, 0.4) is 0 Å². The summed E-state index contributed by atoms with van der Waals surface area (Å²) >= 11 is 2.60. The zero-order chi connectivity index (χ0) is 13.5. The van der Waals surface area contributed by atoms with Crippen molar-refractivity contribution >= 4 is 27.5 Å². The van der Waals surface area contributed by atoms with Gasteiger partial charge in [0, 0.05) is 5.69 Å². The predicted octanol–water partition coefficient (Wildman–Crippen LogP) is 3.52. The summed E-state index contributed by atoms with van der Waals surface area (Å²) in [6.45, 7) is 0. The number of anilines is 1. The first-order valence-corrected chi connectivity index (χ1v) is 5.96. The van der Waals surface area contributed by atoms with E-state index in [1.54, 1.807) is 0 Å². The van der Waals surface area contributed by atoms with Crippen LogP contribution in [0.2, 0.25) is 0 Å². The van der Waals surface area contributed by atoms with Crippen molar-refractivity contribution in [2.24, 2.45) is 0 Å². The Bertz CT molecular complexity index is 492. The second-order valence-electron chi connectivity index (χ2n) is 3.98. The predicted molar refractivity (Wildman–Crippen MR) is 61.4 cm³/mol. The summed E-state index contributed by atoms with van der Waals surface area (Å²) in [7, 11) is 0. The van der Waals surface area contributed by atoms with Crippen LogP contribution in [0.1, 0.15) is 16.0 Å². The topological polar surface area (TPSA) is 29.1 Å². The number of alkyl halides is 5. The molecule has 2 nitrogen and oxygen atoms in total. The van der Waals surface area contributed by atoms with Crippen LogP contribution in [0.5, 0.6) is 0 Å². The van der Waals surface area contributed by atoms with Gasteiger partial charge in [0.2, 0.25) is 5.91 Å². The Morgan fingerprint density at radius 2 is 2.00 bits per heavy atom. The zero-order valence-corrected chi connectivity index (χ0v) is 10.5. The Balaban J connectivity index is 2.31. The molecule has 18 heavy (non-hydrogen) atoms. The first kappa shape index (κ1) is 13.3. The molecule has 1 N–H and O–H groups in total. The maximum absolute atomic E-state index is 13.2. The van der Waals surface area contributed by atoms with Gasteiger partial charge in [-0.2, -0.15) is 8.78 Å². The molecule has 98 valence electrons. The number of nitrogens with one attached hydrogen (secondary N) is 1. The number of carbonyl (C=O) groups is 1. The van der Waals surface area contributed by atoms with Gasteiger partial charge in [0.1, 0.15) is 4.83 Å². The Morgan fingerprint density at radius 1 is 1.33 bits per heavy atom. The van der Waals surface area contributed by atoms with Gasteiger partial charge in [-0.25, -0.2) is 8.78 Å². The lowest BCUT2D eigenvalue weighted by Crippen LogP contribution is -2.31. The Kier molecular flexibility index (Phi) is 3.35. The SMILES string of the molecule is O=C1Cc2cc(C(Br)C(F)(F)C(F)F)ccc2N1. The fourth-order valence-electron chi connectivity index (χ4n) is 1.74. The molecular weight excluding hydrogens is 318 g/mol. The summed E-state index contributed by atoms with van der Waals surface area (Å²) in [4.78, 5) is 9.31. The van der Waals surface area contributed by atoms with Crippen LogP contribution in [0.15, 0.2) is 18.2 Å². The van der Waals surface area contributed by atoms with Gasteiger partial charge in [0.15, 0.2) is 0 Å². The van der Waals surface area contributed by atoms with Gasteiger partial charge in [0.25, 0.3) is 0 Å². The normalized spacial score (nSPS) is 16.7. The van der Waals surface area contributed by atoms with Crippen molar-refractivity contribution in [3.63, 3.8) is 0 Å². The third-order valence-corrected chi connectivity index (χ3v) is 3.82. The minimum absolute atomic E-state index is 0.0237.